The van der Waals surface area contributed by atoms with Gasteiger partial charge in [-0.15, -0.1) is 0 Å². The second-order valence-corrected chi connectivity index (χ2v) is 5.58. The van der Waals surface area contributed by atoms with Crippen LogP contribution in [0.4, 0.5) is 0 Å². The molecule has 0 amide bonds. The van der Waals surface area contributed by atoms with Crippen molar-refractivity contribution < 1.29 is 21.0 Å². The molecule has 0 bridgehead atoms. The molecule has 0 fully saturated rings. The molecular weight excluding hydrogens is 277 g/mol. The summed E-state index contributed by atoms with van der Waals surface area (Å²) >= 11 is 2.37. The van der Waals surface area contributed by atoms with Gasteiger partial charge >= 0.3 is 51.7 Å². The van der Waals surface area contributed by atoms with Crippen LogP contribution in [0, 0.1) is 0 Å². The molecule has 4 heavy (non-hydrogen) atoms. The maximum atomic E-state index is 5.13. The summed E-state index contributed by atoms with van der Waals surface area (Å²) < 4.78 is 1.18. The van der Waals surface area contributed by atoms with Crippen molar-refractivity contribution in [1.29, 1.82) is 0 Å². The van der Waals surface area contributed by atoms with Gasteiger partial charge in [-0.25, -0.2) is 0 Å². The zero-order chi connectivity index (χ0) is 3.41. The van der Waals surface area contributed by atoms with Gasteiger partial charge in [-0.05, 0) is 0 Å². The fraction of sp³-hybridized carbons (Fsp3) is 1.00. The Morgan fingerprint density at radius 3 is 2.25 bits per heavy atom. The Morgan fingerprint density at radius 1 is 2.00 bits per heavy atom. The standard InChI is InChI=1S/CH2BI2/c2-4-1-3/h1H2/q-1. The van der Waals surface area contributed by atoms with Gasteiger partial charge in [-0.2, -0.15) is 0 Å². The van der Waals surface area contributed by atoms with E-state index in [1.165, 1.54) is 2.43 Å². The molecule has 0 spiro atoms. The van der Waals surface area contributed by atoms with E-state index in [2.05, 4.69) is 22.6 Å². The van der Waals surface area contributed by atoms with Crippen LogP contribution in [0.3, 0.4) is 0 Å². The van der Waals surface area contributed by atoms with E-state index < -0.39 is 0 Å². The van der Waals surface area contributed by atoms with Crippen molar-refractivity contribution in [3.63, 3.8) is 0 Å². The third kappa shape index (κ3) is 3.52. The quantitative estimate of drug-likeness (QED) is 0.284. The second-order valence-electron chi connectivity index (χ2n) is 0.255. The molecule has 0 nitrogen and oxygen atoms in total. The SMILES string of the molecule is [B][I-]CI. The number of alkyl halides is 2. The van der Waals surface area contributed by atoms with Crippen LogP contribution in [-0.2, 0) is 0 Å². The Bertz CT molecular complexity index is 8.00. The van der Waals surface area contributed by atoms with Crippen molar-refractivity contribution in [1.82, 2.24) is 0 Å². The molecule has 0 N–H and O–H groups in total. The zero-order valence-electron chi connectivity index (χ0n) is 2.04. The van der Waals surface area contributed by atoms with Crippen LogP contribution in [-0.4, -0.2) is 8.14 Å². The first-order valence-corrected chi connectivity index (χ1v) is 5.05. The van der Waals surface area contributed by atoms with Crippen LogP contribution >= 0.6 is 22.6 Å². The van der Waals surface area contributed by atoms with Crippen LogP contribution in [0.25, 0.3) is 0 Å². The predicted octanol–water partition coefficient (Wildman–Crippen LogP) is -2.45. The summed E-state index contributed by atoms with van der Waals surface area (Å²) in [6.07, 6.45) is 0. The van der Waals surface area contributed by atoms with Gasteiger partial charge in [0, 0.05) is 0 Å². The van der Waals surface area contributed by atoms with Gasteiger partial charge in [-0.1, -0.05) is 0 Å². The zero-order valence-corrected chi connectivity index (χ0v) is 6.36. The molecule has 0 saturated heterocycles. The van der Waals surface area contributed by atoms with E-state index >= 15 is 0 Å². The fourth-order valence-electron chi connectivity index (χ4n) is 0. The van der Waals surface area contributed by atoms with Crippen LogP contribution in [0.1, 0.15) is 0 Å². The second kappa shape index (κ2) is 4.52. The fourth-order valence-corrected chi connectivity index (χ4v) is 0. The van der Waals surface area contributed by atoms with Crippen molar-refractivity contribution in [3.05, 3.63) is 0 Å². The molecule has 0 aromatic rings. The van der Waals surface area contributed by atoms with Crippen molar-refractivity contribution >= 4 is 28.3 Å². The molecule has 0 saturated carbocycles. The Kier molecular flexibility index (Phi) is 6.25. The van der Waals surface area contributed by atoms with Crippen molar-refractivity contribution in [2.45, 2.75) is 0 Å². The van der Waals surface area contributed by atoms with Gasteiger partial charge in [0.05, 0.1) is 0 Å². The summed E-state index contributed by atoms with van der Waals surface area (Å²) in [6.45, 7) is 0. The van der Waals surface area contributed by atoms with Crippen molar-refractivity contribution in [2.75, 3.05) is 2.43 Å². The Morgan fingerprint density at radius 2 is 2.25 bits per heavy atom. The van der Waals surface area contributed by atoms with Gasteiger partial charge in [0.2, 0.25) is 0 Å². The Labute approximate surface area is 51.3 Å². The monoisotopic (exact) mass is 279 g/mol. The van der Waals surface area contributed by atoms with Crippen molar-refractivity contribution in [3.8, 4) is 0 Å². The molecule has 0 aliphatic rings. The summed E-state index contributed by atoms with van der Waals surface area (Å²) in [4.78, 5) is 0. The minimum atomic E-state index is 0.0972. The molecule has 0 heterocycles. The molecule has 0 aliphatic carbocycles. The van der Waals surface area contributed by atoms with E-state index in [4.69, 9.17) is 5.70 Å². The summed E-state index contributed by atoms with van der Waals surface area (Å²) in [5, 5.41) is 0. The van der Waals surface area contributed by atoms with Gasteiger partial charge in [0.25, 0.3) is 0 Å². The van der Waals surface area contributed by atoms with E-state index in [1.807, 2.05) is 0 Å². The predicted molar refractivity (Wildman–Crippen MR) is 24.6 cm³/mol. The first-order chi connectivity index (χ1) is 1.91. The average Bonchev–Trinajstić information content (AvgIpc) is 1.37. The summed E-state index contributed by atoms with van der Waals surface area (Å²) in [7, 11) is 0. The van der Waals surface area contributed by atoms with E-state index in [9.17, 15) is 0 Å². The molecule has 0 unspecified atom stereocenters. The molecular formula is CH2BI2-. The third-order valence-corrected chi connectivity index (χ3v) is 2.62. The third-order valence-electron chi connectivity index (χ3n) is 0.0583. The topological polar surface area (TPSA) is 0 Å². The molecule has 0 aromatic carbocycles. The first kappa shape index (κ1) is 5.52. The maximum absolute atomic E-state index is 5.13. The van der Waals surface area contributed by atoms with E-state index in [0.717, 1.165) is 0 Å². The minimum absolute atomic E-state index is 0.0972. The average molecular weight is 279 g/mol. The molecule has 0 atom stereocenters. The number of hydrogen-bond donors (Lipinski definition) is 0. The first-order valence-electron chi connectivity index (χ1n) is 0.753. The van der Waals surface area contributed by atoms with Gasteiger partial charge in [0.15, 0.2) is 0 Å². The van der Waals surface area contributed by atoms with Gasteiger partial charge < -0.3 is 0 Å². The van der Waals surface area contributed by atoms with E-state index in [-0.39, 0.29) is 21.0 Å². The van der Waals surface area contributed by atoms with E-state index in [1.54, 1.807) is 0 Å². The van der Waals surface area contributed by atoms with Crippen LogP contribution in [0.2, 0.25) is 0 Å². The Hall–Kier alpha value is 1.52. The summed E-state index contributed by atoms with van der Waals surface area (Å²) in [6, 6.07) is 0. The number of halogens is 2. The van der Waals surface area contributed by atoms with E-state index in [0.29, 0.717) is 0 Å². The molecule has 0 aromatic heterocycles. The van der Waals surface area contributed by atoms with Gasteiger partial charge in [-0.3, -0.25) is 0 Å². The van der Waals surface area contributed by atoms with Crippen LogP contribution < -0.4 is 21.0 Å². The molecule has 3 heteroatoms. The molecule has 0 aliphatic heterocycles. The number of rotatable bonds is 1. The van der Waals surface area contributed by atoms with Crippen LogP contribution in [0.15, 0.2) is 0 Å². The summed E-state index contributed by atoms with van der Waals surface area (Å²) in [5.74, 6) is 0. The van der Waals surface area contributed by atoms with Gasteiger partial charge in [0.1, 0.15) is 0 Å². The Balaban J connectivity index is 1.97. The molecule has 24 valence electrons. The molecule has 0 rings (SSSR count). The molecule has 2 radical (unpaired) electrons. The number of hydrogen-bond acceptors (Lipinski definition) is 0. The van der Waals surface area contributed by atoms with Crippen LogP contribution in [0.5, 0.6) is 0 Å². The normalized spacial score (nSPS) is 8.25. The van der Waals surface area contributed by atoms with Crippen molar-refractivity contribution in [2.24, 2.45) is 0 Å². The summed E-state index contributed by atoms with van der Waals surface area (Å²) in [5.41, 5.74) is 5.13.